The Hall–Kier alpha value is -2.62. The zero-order valence-corrected chi connectivity index (χ0v) is 13.3. The van der Waals surface area contributed by atoms with Gasteiger partial charge in [0.05, 0.1) is 11.8 Å². The number of hydrogen-bond donors (Lipinski definition) is 2. The monoisotopic (exact) mass is 308 g/mol. The molecule has 0 saturated heterocycles. The van der Waals surface area contributed by atoms with Crippen LogP contribution in [0.25, 0.3) is 0 Å². The second-order valence-electron chi connectivity index (χ2n) is 6.40. The van der Waals surface area contributed by atoms with Crippen molar-refractivity contribution in [1.29, 1.82) is 0 Å². The third-order valence-electron chi connectivity index (χ3n) is 4.27. The number of benzene rings is 2. The molecule has 23 heavy (non-hydrogen) atoms. The van der Waals surface area contributed by atoms with Gasteiger partial charge in [-0.25, -0.2) is 0 Å². The Kier molecular flexibility index (Phi) is 3.90. The van der Waals surface area contributed by atoms with E-state index in [-0.39, 0.29) is 11.8 Å². The van der Waals surface area contributed by atoms with E-state index in [2.05, 4.69) is 10.6 Å². The summed E-state index contributed by atoms with van der Waals surface area (Å²) in [6.07, 6.45) is 0.372. The SMILES string of the molecule is CC1(C)C(=O)Nc2ccc(CNC(=O)Cc3ccccc3)cc21. The first-order valence-corrected chi connectivity index (χ1v) is 7.72. The zero-order valence-electron chi connectivity index (χ0n) is 13.3. The van der Waals surface area contributed by atoms with E-state index >= 15 is 0 Å². The highest BCUT2D eigenvalue weighted by Gasteiger charge is 2.38. The molecule has 0 aromatic heterocycles. The first-order chi connectivity index (χ1) is 11.0. The smallest absolute Gasteiger partial charge is 0.234 e. The third kappa shape index (κ3) is 3.11. The van der Waals surface area contributed by atoms with Gasteiger partial charge in [0, 0.05) is 12.2 Å². The number of amides is 2. The zero-order chi connectivity index (χ0) is 16.4. The first-order valence-electron chi connectivity index (χ1n) is 7.72. The van der Waals surface area contributed by atoms with Crippen LogP contribution in [0.4, 0.5) is 5.69 Å². The van der Waals surface area contributed by atoms with E-state index in [0.29, 0.717) is 13.0 Å². The number of carbonyl (C=O) groups is 2. The first kappa shape index (κ1) is 15.3. The molecule has 0 unspecified atom stereocenters. The lowest BCUT2D eigenvalue weighted by molar-refractivity contribution is -0.121. The highest BCUT2D eigenvalue weighted by molar-refractivity contribution is 6.05. The summed E-state index contributed by atoms with van der Waals surface area (Å²) in [6, 6.07) is 15.5. The summed E-state index contributed by atoms with van der Waals surface area (Å²) in [5.41, 5.74) is 3.31. The fraction of sp³-hybridized carbons (Fsp3) is 0.263. The van der Waals surface area contributed by atoms with Gasteiger partial charge in [0.25, 0.3) is 0 Å². The summed E-state index contributed by atoms with van der Waals surface area (Å²) < 4.78 is 0. The van der Waals surface area contributed by atoms with E-state index in [4.69, 9.17) is 0 Å². The molecular formula is C19H20N2O2. The Balaban J connectivity index is 1.65. The standard InChI is InChI=1S/C19H20N2O2/c1-19(2)15-10-14(8-9-16(15)21-18(19)23)12-20-17(22)11-13-6-4-3-5-7-13/h3-10H,11-12H2,1-2H3,(H,20,22)(H,21,23). The van der Waals surface area contributed by atoms with Gasteiger partial charge in [0.1, 0.15) is 0 Å². The van der Waals surface area contributed by atoms with Crippen molar-refractivity contribution < 1.29 is 9.59 Å². The lowest BCUT2D eigenvalue weighted by Crippen LogP contribution is -2.27. The van der Waals surface area contributed by atoms with E-state index in [1.807, 2.05) is 62.4 Å². The number of fused-ring (bicyclic) bond motifs is 1. The van der Waals surface area contributed by atoms with Crippen LogP contribution in [0.2, 0.25) is 0 Å². The predicted octanol–water partition coefficient (Wildman–Crippen LogP) is 2.78. The van der Waals surface area contributed by atoms with Crippen LogP contribution in [0.3, 0.4) is 0 Å². The molecule has 0 aliphatic carbocycles. The number of anilines is 1. The minimum atomic E-state index is -0.528. The van der Waals surface area contributed by atoms with Crippen molar-refractivity contribution in [3.8, 4) is 0 Å². The number of carbonyl (C=O) groups excluding carboxylic acids is 2. The van der Waals surface area contributed by atoms with Gasteiger partial charge in [-0.1, -0.05) is 42.5 Å². The van der Waals surface area contributed by atoms with Crippen molar-refractivity contribution in [3.05, 3.63) is 65.2 Å². The quantitative estimate of drug-likeness (QED) is 0.912. The molecule has 0 bridgehead atoms. The molecule has 118 valence electrons. The minimum absolute atomic E-state index is 0.00911. The maximum absolute atomic E-state index is 12.0. The summed E-state index contributed by atoms with van der Waals surface area (Å²) in [4.78, 5) is 24.0. The molecule has 4 nitrogen and oxygen atoms in total. The molecule has 1 aliphatic rings. The van der Waals surface area contributed by atoms with E-state index < -0.39 is 5.41 Å². The van der Waals surface area contributed by atoms with Crippen LogP contribution >= 0.6 is 0 Å². The summed E-state index contributed by atoms with van der Waals surface area (Å²) >= 11 is 0. The highest BCUT2D eigenvalue weighted by Crippen LogP contribution is 2.37. The van der Waals surface area contributed by atoms with E-state index in [9.17, 15) is 9.59 Å². The van der Waals surface area contributed by atoms with Gasteiger partial charge in [-0.15, -0.1) is 0 Å². The number of nitrogens with one attached hydrogen (secondary N) is 2. The lowest BCUT2D eigenvalue weighted by Gasteiger charge is -2.16. The van der Waals surface area contributed by atoms with Crippen molar-refractivity contribution in [2.45, 2.75) is 32.2 Å². The van der Waals surface area contributed by atoms with Gasteiger partial charge < -0.3 is 10.6 Å². The van der Waals surface area contributed by atoms with Crippen molar-refractivity contribution in [2.24, 2.45) is 0 Å². The molecule has 0 atom stereocenters. The molecule has 2 N–H and O–H groups in total. The molecule has 3 rings (SSSR count). The molecular weight excluding hydrogens is 288 g/mol. The maximum atomic E-state index is 12.0. The fourth-order valence-electron chi connectivity index (χ4n) is 2.77. The van der Waals surface area contributed by atoms with Crippen molar-refractivity contribution in [1.82, 2.24) is 5.32 Å². The number of hydrogen-bond acceptors (Lipinski definition) is 2. The van der Waals surface area contributed by atoms with Gasteiger partial charge in [-0.2, -0.15) is 0 Å². The molecule has 0 fully saturated rings. The summed E-state index contributed by atoms with van der Waals surface area (Å²) in [6.45, 7) is 4.28. The van der Waals surface area contributed by atoms with Crippen LogP contribution in [0.5, 0.6) is 0 Å². The van der Waals surface area contributed by atoms with Gasteiger partial charge in [0.2, 0.25) is 11.8 Å². The lowest BCUT2D eigenvalue weighted by atomic mass is 9.85. The average Bonchev–Trinajstić information content (AvgIpc) is 2.76. The van der Waals surface area contributed by atoms with Crippen LogP contribution in [0.1, 0.15) is 30.5 Å². The van der Waals surface area contributed by atoms with Crippen LogP contribution in [0.15, 0.2) is 48.5 Å². The molecule has 2 aromatic rings. The van der Waals surface area contributed by atoms with Crippen LogP contribution in [0, 0.1) is 0 Å². The topological polar surface area (TPSA) is 58.2 Å². The average molecular weight is 308 g/mol. The van der Waals surface area contributed by atoms with E-state index in [0.717, 1.165) is 22.4 Å². The molecule has 2 amide bonds. The molecule has 0 radical (unpaired) electrons. The Labute approximate surface area is 135 Å². The summed E-state index contributed by atoms with van der Waals surface area (Å²) in [5.74, 6) is 0.00271. The molecule has 1 heterocycles. The fourth-order valence-corrected chi connectivity index (χ4v) is 2.77. The molecule has 4 heteroatoms. The third-order valence-corrected chi connectivity index (χ3v) is 4.27. The summed E-state index contributed by atoms with van der Waals surface area (Å²) in [7, 11) is 0. The molecule has 2 aromatic carbocycles. The molecule has 0 saturated carbocycles. The van der Waals surface area contributed by atoms with Crippen molar-refractivity contribution in [2.75, 3.05) is 5.32 Å². The van der Waals surface area contributed by atoms with Crippen LogP contribution in [-0.4, -0.2) is 11.8 Å². The predicted molar refractivity (Wildman–Crippen MR) is 90.1 cm³/mol. The van der Waals surface area contributed by atoms with E-state index in [1.54, 1.807) is 0 Å². The van der Waals surface area contributed by atoms with E-state index in [1.165, 1.54) is 0 Å². The molecule has 0 spiro atoms. The van der Waals surface area contributed by atoms with Crippen LogP contribution < -0.4 is 10.6 Å². The largest absolute Gasteiger partial charge is 0.352 e. The second-order valence-corrected chi connectivity index (χ2v) is 6.40. The van der Waals surface area contributed by atoms with Crippen molar-refractivity contribution in [3.63, 3.8) is 0 Å². The van der Waals surface area contributed by atoms with Gasteiger partial charge in [-0.05, 0) is 36.6 Å². The van der Waals surface area contributed by atoms with Gasteiger partial charge in [0.15, 0.2) is 0 Å². The van der Waals surface area contributed by atoms with Gasteiger partial charge in [-0.3, -0.25) is 9.59 Å². The molecule has 1 aliphatic heterocycles. The maximum Gasteiger partial charge on any atom is 0.234 e. The highest BCUT2D eigenvalue weighted by atomic mass is 16.2. The Morgan fingerprint density at radius 1 is 1.09 bits per heavy atom. The Morgan fingerprint density at radius 3 is 2.57 bits per heavy atom. The number of rotatable bonds is 4. The van der Waals surface area contributed by atoms with Crippen molar-refractivity contribution >= 4 is 17.5 Å². The summed E-state index contributed by atoms with van der Waals surface area (Å²) in [5, 5.41) is 5.82. The normalized spacial score (nSPS) is 15.0. The second kappa shape index (κ2) is 5.88. The minimum Gasteiger partial charge on any atom is -0.352 e. The Morgan fingerprint density at radius 2 is 1.83 bits per heavy atom. The van der Waals surface area contributed by atoms with Crippen LogP contribution in [-0.2, 0) is 28.0 Å². The Bertz CT molecular complexity index is 751. The van der Waals surface area contributed by atoms with Gasteiger partial charge >= 0.3 is 0 Å².